The SMILES string of the molecule is Cc1ccc(OCC(=O)Nc2cccc3nsnc23)cc1. The van der Waals surface area contributed by atoms with Crippen molar-refractivity contribution in [2.24, 2.45) is 0 Å². The zero-order valence-electron chi connectivity index (χ0n) is 11.4. The second-order valence-electron chi connectivity index (χ2n) is 4.59. The van der Waals surface area contributed by atoms with Crippen LogP contribution in [0.3, 0.4) is 0 Å². The zero-order valence-corrected chi connectivity index (χ0v) is 12.2. The summed E-state index contributed by atoms with van der Waals surface area (Å²) in [6, 6.07) is 13.1. The second kappa shape index (κ2) is 5.88. The third-order valence-corrected chi connectivity index (χ3v) is 3.49. The van der Waals surface area contributed by atoms with Gasteiger partial charge in [0.05, 0.1) is 17.4 Å². The minimum absolute atomic E-state index is 0.0446. The molecule has 0 spiro atoms. The molecule has 1 amide bonds. The van der Waals surface area contributed by atoms with Crippen molar-refractivity contribution in [2.45, 2.75) is 6.92 Å². The Morgan fingerprint density at radius 3 is 2.81 bits per heavy atom. The molecule has 106 valence electrons. The highest BCUT2D eigenvalue weighted by Crippen LogP contribution is 2.21. The van der Waals surface area contributed by atoms with Crippen molar-refractivity contribution in [1.82, 2.24) is 8.75 Å². The molecule has 21 heavy (non-hydrogen) atoms. The Morgan fingerprint density at radius 1 is 1.19 bits per heavy atom. The monoisotopic (exact) mass is 299 g/mol. The van der Waals surface area contributed by atoms with E-state index in [0.29, 0.717) is 17.0 Å². The molecule has 1 heterocycles. The molecule has 0 radical (unpaired) electrons. The van der Waals surface area contributed by atoms with Crippen molar-refractivity contribution in [1.29, 1.82) is 0 Å². The van der Waals surface area contributed by atoms with Crippen molar-refractivity contribution >= 4 is 34.4 Å². The van der Waals surface area contributed by atoms with E-state index in [0.717, 1.165) is 22.8 Å². The number of amides is 1. The predicted molar refractivity (Wildman–Crippen MR) is 82.7 cm³/mol. The molecular weight excluding hydrogens is 286 g/mol. The number of benzene rings is 2. The molecule has 0 fully saturated rings. The third kappa shape index (κ3) is 3.17. The molecule has 0 atom stereocenters. The molecule has 0 saturated heterocycles. The largest absolute Gasteiger partial charge is 0.484 e. The van der Waals surface area contributed by atoms with E-state index in [9.17, 15) is 4.79 Å². The van der Waals surface area contributed by atoms with E-state index < -0.39 is 0 Å². The van der Waals surface area contributed by atoms with Gasteiger partial charge in [0.25, 0.3) is 5.91 Å². The summed E-state index contributed by atoms with van der Waals surface area (Å²) in [5, 5.41) is 2.79. The summed E-state index contributed by atoms with van der Waals surface area (Å²) in [7, 11) is 0. The number of nitrogens with zero attached hydrogens (tertiary/aromatic N) is 2. The quantitative estimate of drug-likeness (QED) is 0.804. The fourth-order valence-corrected chi connectivity index (χ4v) is 2.43. The number of nitrogens with one attached hydrogen (secondary N) is 1. The van der Waals surface area contributed by atoms with E-state index in [2.05, 4.69) is 14.1 Å². The van der Waals surface area contributed by atoms with E-state index in [-0.39, 0.29) is 12.5 Å². The Balaban J connectivity index is 1.64. The minimum Gasteiger partial charge on any atom is -0.484 e. The molecule has 2 aromatic carbocycles. The first-order valence-corrected chi connectivity index (χ1v) is 7.16. The number of carbonyl (C=O) groups is 1. The summed E-state index contributed by atoms with van der Waals surface area (Å²) in [4.78, 5) is 11.9. The number of anilines is 1. The van der Waals surface area contributed by atoms with E-state index in [1.807, 2.05) is 43.3 Å². The molecule has 6 heteroatoms. The predicted octanol–water partition coefficient (Wildman–Crippen LogP) is 3.02. The summed E-state index contributed by atoms with van der Waals surface area (Å²) in [5.74, 6) is 0.445. The first kappa shape index (κ1) is 13.5. The Labute approximate surface area is 125 Å². The highest BCUT2D eigenvalue weighted by molar-refractivity contribution is 7.00. The lowest BCUT2D eigenvalue weighted by Gasteiger charge is -2.08. The second-order valence-corrected chi connectivity index (χ2v) is 5.12. The number of aromatic nitrogens is 2. The van der Waals surface area contributed by atoms with Crippen LogP contribution in [0.1, 0.15) is 5.56 Å². The molecule has 0 aliphatic carbocycles. The molecule has 1 aromatic heterocycles. The van der Waals surface area contributed by atoms with Crippen LogP contribution in [0.15, 0.2) is 42.5 Å². The lowest BCUT2D eigenvalue weighted by atomic mass is 10.2. The molecule has 1 N–H and O–H groups in total. The molecular formula is C15H13N3O2S. The average molecular weight is 299 g/mol. The van der Waals surface area contributed by atoms with Gasteiger partial charge >= 0.3 is 0 Å². The first-order valence-electron chi connectivity index (χ1n) is 6.43. The molecule has 0 aliphatic heterocycles. The molecule has 5 nitrogen and oxygen atoms in total. The molecule has 0 saturated carbocycles. The van der Waals surface area contributed by atoms with Crippen LogP contribution in [0, 0.1) is 6.92 Å². The molecule has 0 bridgehead atoms. The van der Waals surface area contributed by atoms with Crippen LogP contribution in [-0.4, -0.2) is 21.3 Å². The van der Waals surface area contributed by atoms with E-state index in [1.165, 1.54) is 0 Å². The van der Waals surface area contributed by atoms with Crippen molar-refractivity contribution in [3.63, 3.8) is 0 Å². The highest BCUT2D eigenvalue weighted by Gasteiger charge is 2.09. The van der Waals surface area contributed by atoms with E-state index >= 15 is 0 Å². The number of ether oxygens (including phenoxy) is 1. The maximum absolute atomic E-state index is 11.9. The summed E-state index contributed by atoms with van der Waals surface area (Å²) >= 11 is 1.12. The summed E-state index contributed by atoms with van der Waals surface area (Å²) in [6.45, 7) is 1.95. The average Bonchev–Trinajstić information content (AvgIpc) is 2.96. The third-order valence-electron chi connectivity index (χ3n) is 2.95. The standard InChI is InChI=1S/C15H13N3O2S/c1-10-5-7-11(8-6-10)20-9-14(19)16-12-3-2-4-13-15(12)18-21-17-13/h2-8H,9H2,1H3,(H,16,19). The Morgan fingerprint density at radius 2 is 2.00 bits per heavy atom. The van der Waals surface area contributed by atoms with Crippen LogP contribution in [0.2, 0.25) is 0 Å². The van der Waals surface area contributed by atoms with Crippen molar-refractivity contribution < 1.29 is 9.53 Å². The Hall–Kier alpha value is -2.47. The van der Waals surface area contributed by atoms with Crippen LogP contribution in [0.4, 0.5) is 5.69 Å². The first-order chi connectivity index (χ1) is 10.2. The normalized spacial score (nSPS) is 10.5. The zero-order chi connectivity index (χ0) is 14.7. The molecule has 3 aromatic rings. The van der Waals surface area contributed by atoms with Crippen LogP contribution >= 0.6 is 11.7 Å². The van der Waals surface area contributed by atoms with Gasteiger partial charge in [-0.3, -0.25) is 4.79 Å². The van der Waals surface area contributed by atoms with Crippen LogP contribution in [0.5, 0.6) is 5.75 Å². The summed E-state index contributed by atoms with van der Waals surface area (Å²) < 4.78 is 13.8. The number of hydrogen-bond donors (Lipinski definition) is 1. The van der Waals surface area contributed by atoms with E-state index in [1.54, 1.807) is 6.07 Å². The molecule has 0 aliphatic rings. The number of aryl methyl sites for hydroxylation is 1. The number of carbonyl (C=O) groups excluding carboxylic acids is 1. The van der Waals surface area contributed by atoms with Crippen molar-refractivity contribution in [3.8, 4) is 5.75 Å². The van der Waals surface area contributed by atoms with Crippen molar-refractivity contribution in [3.05, 3.63) is 48.0 Å². The maximum Gasteiger partial charge on any atom is 0.262 e. The van der Waals surface area contributed by atoms with Gasteiger partial charge in [-0.15, -0.1) is 0 Å². The van der Waals surface area contributed by atoms with Gasteiger partial charge in [-0.05, 0) is 31.2 Å². The van der Waals surface area contributed by atoms with Gasteiger partial charge in [-0.25, -0.2) is 0 Å². The van der Waals surface area contributed by atoms with Gasteiger partial charge in [0.15, 0.2) is 6.61 Å². The molecule has 3 rings (SSSR count). The topological polar surface area (TPSA) is 64.1 Å². The lowest BCUT2D eigenvalue weighted by Crippen LogP contribution is -2.20. The lowest BCUT2D eigenvalue weighted by molar-refractivity contribution is -0.118. The number of hydrogen-bond acceptors (Lipinski definition) is 5. The van der Waals surface area contributed by atoms with E-state index in [4.69, 9.17) is 4.74 Å². The fourth-order valence-electron chi connectivity index (χ4n) is 1.88. The smallest absolute Gasteiger partial charge is 0.262 e. The van der Waals surface area contributed by atoms with Gasteiger partial charge in [-0.1, -0.05) is 23.8 Å². The van der Waals surface area contributed by atoms with Crippen LogP contribution in [0.25, 0.3) is 11.0 Å². The maximum atomic E-state index is 11.9. The van der Waals surface area contributed by atoms with Gasteiger partial charge in [0, 0.05) is 0 Å². The Kier molecular flexibility index (Phi) is 3.79. The fraction of sp³-hybridized carbons (Fsp3) is 0.133. The van der Waals surface area contributed by atoms with Gasteiger partial charge in [0.2, 0.25) is 0 Å². The summed E-state index contributed by atoms with van der Waals surface area (Å²) in [6.07, 6.45) is 0. The highest BCUT2D eigenvalue weighted by atomic mass is 32.1. The van der Waals surface area contributed by atoms with Crippen molar-refractivity contribution in [2.75, 3.05) is 11.9 Å². The number of rotatable bonds is 4. The number of fused-ring (bicyclic) bond motifs is 1. The Bertz CT molecular complexity index is 768. The van der Waals surface area contributed by atoms with Gasteiger partial charge in [0.1, 0.15) is 16.8 Å². The molecule has 0 unspecified atom stereocenters. The van der Waals surface area contributed by atoms with Gasteiger partial charge < -0.3 is 10.1 Å². The van der Waals surface area contributed by atoms with Crippen LogP contribution < -0.4 is 10.1 Å². The van der Waals surface area contributed by atoms with Gasteiger partial charge in [-0.2, -0.15) is 8.75 Å². The van der Waals surface area contributed by atoms with Crippen LogP contribution in [-0.2, 0) is 4.79 Å². The minimum atomic E-state index is -0.226. The summed E-state index contributed by atoms with van der Waals surface area (Å²) in [5.41, 5.74) is 3.27.